The van der Waals surface area contributed by atoms with Gasteiger partial charge in [0.25, 0.3) is 5.91 Å². The SMILES string of the molecule is Cc1cccc(C(=O)NCc2ccc(OCC3CCCO3)cc2)n1. The molecular formula is C19H22N2O3. The van der Waals surface area contributed by atoms with E-state index in [2.05, 4.69) is 10.3 Å². The molecule has 2 aromatic rings. The molecule has 24 heavy (non-hydrogen) atoms. The van der Waals surface area contributed by atoms with Gasteiger partial charge in [-0.15, -0.1) is 0 Å². The molecule has 1 aromatic heterocycles. The third-order valence-corrected chi connectivity index (χ3v) is 3.96. The number of carbonyl (C=O) groups is 1. The van der Waals surface area contributed by atoms with Gasteiger partial charge >= 0.3 is 0 Å². The first-order chi connectivity index (χ1) is 11.7. The van der Waals surface area contributed by atoms with Crippen LogP contribution in [0.2, 0.25) is 0 Å². The van der Waals surface area contributed by atoms with Gasteiger partial charge in [-0.1, -0.05) is 18.2 Å². The number of hydrogen-bond acceptors (Lipinski definition) is 4. The second-order valence-corrected chi connectivity index (χ2v) is 5.94. The van der Waals surface area contributed by atoms with E-state index in [1.165, 1.54) is 0 Å². The number of ether oxygens (including phenoxy) is 2. The third-order valence-electron chi connectivity index (χ3n) is 3.96. The maximum absolute atomic E-state index is 12.1. The van der Waals surface area contributed by atoms with Crippen molar-refractivity contribution < 1.29 is 14.3 Å². The minimum atomic E-state index is -0.169. The van der Waals surface area contributed by atoms with Crippen LogP contribution in [-0.2, 0) is 11.3 Å². The van der Waals surface area contributed by atoms with Gasteiger partial charge in [0.1, 0.15) is 18.1 Å². The zero-order valence-corrected chi connectivity index (χ0v) is 13.8. The number of aryl methyl sites for hydroxylation is 1. The van der Waals surface area contributed by atoms with E-state index in [4.69, 9.17) is 9.47 Å². The summed E-state index contributed by atoms with van der Waals surface area (Å²) in [4.78, 5) is 16.3. The molecule has 0 spiro atoms. The Labute approximate surface area is 142 Å². The van der Waals surface area contributed by atoms with Gasteiger partial charge in [-0.05, 0) is 49.6 Å². The van der Waals surface area contributed by atoms with E-state index in [9.17, 15) is 4.79 Å². The lowest BCUT2D eigenvalue weighted by Crippen LogP contribution is -2.23. The number of pyridine rings is 1. The van der Waals surface area contributed by atoms with Crippen molar-refractivity contribution in [2.24, 2.45) is 0 Å². The summed E-state index contributed by atoms with van der Waals surface area (Å²) >= 11 is 0. The molecule has 3 rings (SSSR count). The van der Waals surface area contributed by atoms with Gasteiger partial charge in [0.15, 0.2) is 0 Å². The second-order valence-electron chi connectivity index (χ2n) is 5.94. The molecule has 0 radical (unpaired) electrons. The summed E-state index contributed by atoms with van der Waals surface area (Å²) < 4.78 is 11.3. The Morgan fingerprint density at radius 3 is 2.83 bits per heavy atom. The largest absolute Gasteiger partial charge is 0.491 e. The fourth-order valence-corrected chi connectivity index (χ4v) is 2.61. The summed E-state index contributed by atoms with van der Waals surface area (Å²) in [5.41, 5.74) is 2.28. The molecule has 1 aromatic carbocycles. The van der Waals surface area contributed by atoms with Gasteiger partial charge in [-0.3, -0.25) is 4.79 Å². The number of amides is 1. The number of nitrogens with zero attached hydrogens (tertiary/aromatic N) is 1. The molecule has 1 saturated heterocycles. The van der Waals surface area contributed by atoms with Crippen LogP contribution in [-0.4, -0.2) is 30.2 Å². The smallest absolute Gasteiger partial charge is 0.270 e. The molecule has 2 heterocycles. The highest BCUT2D eigenvalue weighted by Crippen LogP contribution is 2.16. The maximum Gasteiger partial charge on any atom is 0.270 e. The van der Waals surface area contributed by atoms with Crippen molar-refractivity contribution in [3.8, 4) is 5.75 Å². The van der Waals surface area contributed by atoms with E-state index in [1.807, 2.05) is 43.3 Å². The molecule has 1 atom stereocenters. The highest BCUT2D eigenvalue weighted by atomic mass is 16.5. The summed E-state index contributed by atoms with van der Waals surface area (Å²) in [6.45, 7) is 3.75. The molecule has 0 aliphatic carbocycles. The lowest BCUT2D eigenvalue weighted by atomic mass is 10.2. The van der Waals surface area contributed by atoms with Gasteiger partial charge in [-0.25, -0.2) is 4.98 Å². The molecule has 1 aliphatic rings. The van der Waals surface area contributed by atoms with Crippen molar-refractivity contribution in [3.63, 3.8) is 0 Å². The minimum absolute atomic E-state index is 0.169. The first-order valence-electron chi connectivity index (χ1n) is 8.26. The van der Waals surface area contributed by atoms with Crippen LogP contribution in [0.5, 0.6) is 5.75 Å². The van der Waals surface area contributed by atoms with Crippen molar-refractivity contribution in [1.82, 2.24) is 10.3 Å². The minimum Gasteiger partial charge on any atom is -0.491 e. The molecule has 1 unspecified atom stereocenters. The van der Waals surface area contributed by atoms with Crippen LogP contribution in [0.15, 0.2) is 42.5 Å². The fourth-order valence-electron chi connectivity index (χ4n) is 2.61. The Morgan fingerprint density at radius 1 is 1.29 bits per heavy atom. The number of carbonyl (C=O) groups excluding carboxylic acids is 1. The summed E-state index contributed by atoms with van der Waals surface area (Å²) in [5, 5.41) is 2.88. The summed E-state index contributed by atoms with van der Waals surface area (Å²) in [7, 11) is 0. The van der Waals surface area contributed by atoms with E-state index in [0.717, 1.165) is 36.5 Å². The van der Waals surface area contributed by atoms with Crippen molar-refractivity contribution in [3.05, 3.63) is 59.4 Å². The zero-order valence-electron chi connectivity index (χ0n) is 13.8. The Morgan fingerprint density at radius 2 is 2.12 bits per heavy atom. The zero-order chi connectivity index (χ0) is 16.8. The number of aromatic nitrogens is 1. The highest BCUT2D eigenvalue weighted by molar-refractivity contribution is 5.92. The lowest BCUT2D eigenvalue weighted by Gasteiger charge is -2.12. The van der Waals surface area contributed by atoms with Crippen LogP contribution in [0.25, 0.3) is 0 Å². The Hall–Kier alpha value is -2.40. The molecule has 1 aliphatic heterocycles. The van der Waals surface area contributed by atoms with Gasteiger partial charge in [0.05, 0.1) is 6.10 Å². The number of hydrogen-bond donors (Lipinski definition) is 1. The van der Waals surface area contributed by atoms with Gasteiger partial charge in [0, 0.05) is 18.8 Å². The summed E-state index contributed by atoms with van der Waals surface area (Å²) in [6, 6.07) is 13.2. The lowest BCUT2D eigenvalue weighted by molar-refractivity contribution is 0.0679. The van der Waals surface area contributed by atoms with Gasteiger partial charge < -0.3 is 14.8 Å². The Kier molecular flexibility index (Phi) is 5.43. The van der Waals surface area contributed by atoms with Crippen LogP contribution >= 0.6 is 0 Å². The van der Waals surface area contributed by atoms with Gasteiger partial charge in [-0.2, -0.15) is 0 Å². The number of nitrogens with one attached hydrogen (secondary N) is 1. The van der Waals surface area contributed by atoms with Crippen LogP contribution in [0.4, 0.5) is 0 Å². The van der Waals surface area contributed by atoms with Crippen LogP contribution in [0, 0.1) is 6.92 Å². The molecule has 5 heteroatoms. The molecule has 1 fully saturated rings. The van der Waals surface area contributed by atoms with Crippen LogP contribution < -0.4 is 10.1 Å². The topological polar surface area (TPSA) is 60.5 Å². The molecule has 1 amide bonds. The molecule has 0 bridgehead atoms. The van der Waals surface area contributed by atoms with Crippen molar-refractivity contribution in [2.75, 3.05) is 13.2 Å². The molecule has 5 nitrogen and oxygen atoms in total. The van der Waals surface area contributed by atoms with Crippen LogP contribution in [0.3, 0.4) is 0 Å². The van der Waals surface area contributed by atoms with E-state index in [1.54, 1.807) is 6.07 Å². The monoisotopic (exact) mass is 326 g/mol. The van der Waals surface area contributed by atoms with Crippen molar-refractivity contribution in [1.29, 1.82) is 0 Å². The predicted molar refractivity (Wildman–Crippen MR) is 91.1 cm³/mol. The van der Waals surface area contributed by atoms with Crippen LogP contribution in [0.1, 0.15) is 34.6 Å². The molecule has 0 saturated carbocycles. The molecular weight excluding hydrogens is 304 g/mol. The third kappa shape index (κ3) is 4.55. The first kappa shape index (κ1) is 16.5. The average molecular weight is 326 g/mol. The van der Waals surface area contributed by atoms with E-state index in [0.29, 0.717) is 18.8 Å². The number of rotatable bonds is 6. The van der Waals surface area contributed by atoms with Gasteiger partial charge in [0.2, 0.25) is 0 Å². The summed E-state index contributed by atoms with van der Waals surface area (Å²) in [6.07, 6.45) is 2.39. The van der Waals surface area contributed by atoms with E-state index >= 15 is 0 Å². The van der Waals surface area contributed by atoms with E-state index < -0.39 is 0 Å². The first-order valence-corrected chi connectivity index (χ1v) is 8.26. The van der Waals surface area contributed by atoms with Crippen molar-refractivity contribution >= 4 is 5.91 Å². The quantitative estimate of drug-likeness (QED) is 0.887. The predicted octanol–water partition coefficient (Wildman–Crippen LogP) is 2.88. The normalized spacial score (nSPS) is 16.8. The molecule has 126 valence electrons. The average Bonchev–Trinajstić information content (AvgIpc) is 3.12. The standard InChI is InChI=1S/C19H22N2O3/c1-14-4-2-6-18(21-14)19(22)20-12-15-7-9-16(10-8-15)24-13-17-5-3-11-23-17/h2,4,6-10,17H,3,5,11-13H2,1H3,(H,20,22). The Bertz CT molecular complexity index is 679. The summed E-state index contributed by atoms with van der Waals surface area (Å²) in [5.74, 6) is 0.651. The Balaban J connectivity index is 1.48. The molecule has 1 N–H and O–H groups in total. The number of benzene rings is 1. The fraction of sp³-hybridized carbons (Fsp3) is 0.368. The van der Waals surface area contributed by atoms with E-state index in [-0.39, 0.29) is 12.0 Å². The van der Waals surface area contributed by atoms with Crippen molar-refractivity contribution in [2.45, 2.75) is 32.4 Å². The second kappa shape index (κ2) is 7.93. The maximum atomic E-state index is 12.1. The highest BCUT2D eigenvalue weighted by Gasteiger charge is 2.15.